The van der Waals surface area contributed by atoms with Crippen molar-refractivity contribution in [2.75, 3.05) is 18.5 Å². The highest BCUT2D eigenvalue weighted by Gasteiger charge is 2.16. The molecule has 1 aliphatic heterocycles. The number of para-hydroxylation sites is 1. The summed E-state index contributed by atoms with van der Waals surface area (Å²) in [5, 5.41) is 4.18. The molecule has 88 valence electrons. The predicted octanol–water partition coefficient (Wildman–Crippen LogP) is 3.39. The fraction of sp³-hybridized carbons (Fsp3) is 0.538. The van der Waals surface area contributed by atoms with Gasteiger partial charge >= 0.3 is 0 Å². The largest absolute Gasteiger partial charge is 0.379 e. The number of benzene rings is 1. The van der Waals surface area contributed by atoms with E-state index < -0.39 is 0 Å². The van der Waals surface area contributed by atoms with Crippen LogP contribution in [0.4, 0.5) is 5.69 Å². The first-order valence-electron chi connectivity index (χ1n) is 5.85. The van der Waals surface area contributed by atoms with Crippen LogP contribution >= 0.6 is 11.8 Å². The van der Waals surface area contributed by atoms with Gasteiger partial charge in [-0.1, -0.05) is 26.0 Å². The molecule has 0 aliphatic carbocycles. The fourth-order valence-corrected chi connectivity index (χ4v) is 2.73. The summed E-state index contributed by atoms with van der Waals surface area (Å²) in [5.41, 5.74) is 1.25. The number of hydrogen-bond donors (Lipinski definition) is 1. The van der Waals surface area contributed by atoms with Crippen molar-refractivity contribution >= 4 is 17.4 Å². The lowest BCUT2D eigenvalue weighted by Crippen LogP contribution is -2.19. The smallest absolute Gasteiger partial charge is 0.0668 e. The minimum Gasteiger partial charge on any atom is -0.379 e. The van der Waals surface area contributed by atoms with Gasteiger partial charge in [0, 0.05) is 22.4 Å². The number of anilines is 1. The van der Waals surface area contributed by atoms with Crippen molar-refractivity contribution in [3.63, 3.8) is 0 Å². The van der Waals surface area contributed by atoms with Crippen LogP contribution in [0.15, 0.2) is 29.2 Å². The Labute approximate surface area is 102 Å². The Morgan fingerprint density at radius 3 is 2.88 bits per heavy atom. The van der Waals surface area contributed by atoms with Crippen molar-refractivity contribution in [3.05, 3.63) is 24.3 Å². The molecule has 1 fully saturated rings. The van der Waals surface area contributed by atoms with Gasteiger partial charge in [-0.05, 0) is 18.6 Å². The average molecular weight is 237 g/mol. The van der Waals surface area contributed by atoms with Crippen LogP contribution in [0.1, 0.15) is 20.3 Å². The number of hydrogen-bond acceptors (Lipinski definition) is 3. The molecule has 0 bridgehead atoms. The molecule has 1 atom stereocenters. The third-order valence-corrected chi connectivity index (χ3v) is 3.62. The molecular weight excluding hydrogens is 218 g/mol. The van der Waals surface area contributed by atoms with E-state index in [0.29, 0.717) is 11.3 Å². The molecule has 0 amide bonds. The van der Waals surface area contributed by atoms with Crippen LogP contribution in [0.25, 0.3) is 0 Å². The first-order chi connectivity index (χ1) is 7.75. The van der Waals surface area contributed by atoms with Gasteiger partial charge in [-0.15, -0.1) is 11.8 Å². The Hall–Kier alpha value is -0.670. The molecule has 1 N–H and O–H groups in total. The molecule has 0 aromatic heterocycles. The van der Waals surface area contributed by atoms with E-state index in [-0.39, 0.29) is 0 Å². The highest BCUT2D eigenvalue weighted by Crippen LogP contribution is 2.31. The van der Waals surface area contributed by atoms with Gasteiger partial charge in [0.05, 0.1) is 12.6 Å². The summed E-state index contributed by atoms with van der Waals surface area (Å²) in [6.07, 6.45) is 1.11. The quantitative estimate of drug-likeness (QED) is 0.811. The third kappa shape index (κ3) is 3.16. The summed E-state index contributed by atoms with van der Waals surface area (Å²) in [6.45, 7) is 6.16. The first kappa shape index (κ1) is 11.8. The van der Waals surface area contributed by atoms with Crippen molar-refractivity contribution in [1.29, 1.82) is 0 Å². The van der Waals surface area contributed by atoms with Gasteiger partial charge < -0.3 is 10.1 Å². The topological polar surface area (TPSA) is 21.3 Å². The van der Waals surface area contributed by atoms with Crippen molar-refractivity contribution < 1.29 is 4.74 Å². The molecule has 1 aliphatic rings. The van der Waals surface area contributed by atoms with Gasteiger partial charge in [0.2, 0.25) is 0 Å². The minimum absolute atomic E-state index is 0.480. The van der Waals surface area contributed by atoms with Crippen molar-refractivity contribution in [3.8, 4) is 0 Å². The van der Waals surface area contributed by atoms with E-state index in [9.17, 15) is 0 Å². The van der Waals surface area contributed by atoms with Crippen molar-refractivity contribution in [1.82, 2.24) is 0 Å². The normalized spacial score (nSPS) is 20.3. The molecule has 0 radical (unpaired) electrons. The lowest BCUT2D eigenvalue weighted by molar-refractivity contribution is 0.195. The van der Waals surface area contributed by atoms with Crippen LogP contribution in [-0.4, -0.2) is 24.5 Å². The molecule has 1 saturated heterocycles. The molecule has 0 saturated carbocycles. The van der Waals surface area contributed by atoms with Crippen LogP contribution in [0, 0.1) is 0 Å². The van der Waals surface area contributed by atoms with Crippen LogP contribution in [0.3, 0.4) is 0 Å². The van der Waals surface area contributed by atoms with Gasteiger partial charge in [0.15, 0.2) is 0 Å². The average Bonchev–Trinajstić information content (AvgIpc) is 2.73. The molecular formula is C13H19NOS. The Morgan fingerprint density at radius 1 is 1.38 bits per heavy atom. The lowest BCUT2D eigenvalue weighted by Gasteiger charge is -2.16. The predicted molar refractivity (Wildman–Crippen MR) is 70.3 cm³/mol. The number of rotatable bonds is 4. The van der Waals surface area contributed by atoms with Crippen LogP contribution in [-0.2, 0) is 4.74 Å². The highest BCUT2D eigenvalue weighted by molar-refractivity contribution is 8.00. The summed E-state index contributed by atoms with van der Waals surface area (Å²) in [6, 6.07) is 9.00. The van der Waals surface area contributed by atoms with E-state index in [0.717, 1.165) is 19.6 Å². The summed E-state index contributed by atoms with van der Waals surface area (Å²) >= 11 is 1.91. The van der Waals surface area contributed by atoms with E-state index in [4.69, 9.17) is 4.74 Å². The highest BCUT2D eigenvalue weighted by atomic mass is 32.2. The molecule has 1 unspecified atom stereocenters. The summed E-state index contributed by atoms with van der Waals surface area (Å²) < 4.78 is 5.38. The van der Waals surface area contributed by atoms with E-state index >= 15 is 0 Å². The second kappa shape index (κ2) is 5.60. The van der Waals surface area contributed by atoms with E-state index in [1.165, 1.54) is 10.6 Å². The van der Waals surface area contributed by atoms with E-state index in [1.54, 1.807) is 0 Å². The minimum atomic E-state index is 0.480. The van der Waals surface area contributed by atoms with Crippen LogP contribution < -0.4 is 5.32 Å². The molecule has 3 heteroatoms. The van der Waals surface area contributed by atoms with Crippen LogP contribution in [0.2, 0.25) is 0 Å². The number of nitrogens with one attached hydrogen (secondary N) is 1. The molecule has 1 aromatic carbocycles. The molecule has 1 aromatic rings. The molecule has 1 heterocycles. The monoisotopic (exact) mass is 237 g/mol. The van der Waals surface area contributed by atoms with Crippen molar-refractivity contribution in [2.24, 2.45) is 0 Å². The SMILES string of the molecule is CC(C)Sc1ccccc1NC1CCOC1. The molecule has 2 rings (SSSR count). The standard InChI is InChI=1S/C13H19NOS/c1-10(2)16-13-6-4-3-5-12(13)14-11-7-8-15-9-11/h3-6,10-11,14H,7-9H2,1-2H3. The zero-order chi connectivity index (χ0) is 11.4. The second-order valence-electron chi connectivity index (χ2n) is 4.37. The molecule has 16 heavy (non-hydrogen) atoms. The lowest BCUT2D eigenvalue weighted by atomic mass is 10.2. The Morgan fingerprint density at radius 2 is 2.19 bits per heavy atom. The number of thioether (sulfide) groups is 1. The zero-order valence-corrected chi connectivity index (χ0v) is 10.7. The second-order valence-corrected chi connectivity index (χ2v) is 5.99. The maximum absolute atomic E-state index is 5.38. The van der Waals surface area contributed by atoms with E-state index in [2.05, 4.69) is 43.4 Å². The fourth-order valence-electron chi connectivity index (χ4n) is 1.81. The molecule has 0 spiro atoms. The van der Waals surface area contributed by atoms with Crippen molar-refractivity contribution in [2.45, 2.75) is 36.5 Å². The summed E-state index contributed by atoms with van der Waals surface area (Å²) in [7, 11) is 0. The first-order valence-corrected chi connectivity index (χ1v) is 6.73. The Kier molecular flexibility index (Phi) is 4.13. The van der Waals surface area contributed by atoms with Crippen LogP contribution in [0.5, 0.6) is 0 Å². The maximum atomic E-state index is 5.38. The Bertz CT molecular complexity index is 334. The maximum Gasteiger partial charge on any atom is 0.0668 e. The molecule has 2 nitrogen and oxygen atoms in total. The van der Waals surface area contributed by atoms with Gasteiger partial charge in [0.25, 0.3) is 0 Å². The summed E-state index contributed by atoms with van der Waals surface area (Å²) in [5.74, 6) is 0. The zero-order valence-electron chi connectivity index (χ0n) is 9.90. The Balaban J connectivity index is 2.06. The van der Waals surface area contributed by atoms with Gasteiger partial charge in [-0.3, -0.25) is 0 Å². The third-order valence-electron chi connectivity index (χ3n) is 2.54. The van der Waals surface area contributed by atoms with E-state index in [1.807, 2.05) is 11.8 Å². The van der Waals surface area contributed by atoms with Gasteiger partial charge in [-0.25, -0.2) is 0 Å². The number of ether oxygens (including phenoxy) is 1. The van der Waals surface area contributed by atoms with Gasteiger partial charge in [-0.2, -0.15) is 0 Å². The van der Waals surface area contributed by atoms with Gasteiger partial charge in [0.1, 0.15) is 0 Å². The summed E-state index contributed by atoms with van der Waals surface area (Å²) in [4.78, 5) is 1.34.